The Bertz CT molecular complexity index is 627. The Morgan fingerprint density at radius 1 is 1.33 bits per heavy atom. The minimum atomic E-state index is -0.592. The molecule has 130 valence electrons. The maximum Gasteiger partial charge on any atom is 0.274 e. The maximum absolute atomic E-state index is 12.8. The Hall–Kier alpha value is -2.12. The molecule has 1 unspecified atom stereocenters. The predicted octanol–water partition coefficient (Wildman–Crippen LogP) is 1.34. The van der Waals surface area contributed by atoms with Gasteiger partial charge in [0.25, 0.3) is 5.91 Å². The van der Waals surface area contributed by atoms with E-state index in [1.165, 1.54) is 0 Å². The molecule has 2 aliphatic heterocycles. The summed E-state index contributed by atoms with van der Waals surface area (Å²) in [6.45, 7) is 3.95. The molecular formula is C17H22N2O5. The fraction of sp³-hybridized carbons (Fsp3) is 0.529. The van der Waals surface area contributed by atoms with E-state index >= 15 is 0 Å². The summed E-state index contributed by atoms with van der Waals surface area (Å²) in [6.07, 6.45) is 1.76. The lowest BCUT2D eigenvalue weighted by molar-refractivity contribution is -0.142. The fourth-order valence-electron chi connectivity index (χ4n) is 3.13. The monoisotopic (exact) mass is 334 g/mol. The Balaban J connectivity index is 1.81. The Morgan fingerprint density at radius 3 is 2.88 bits per heavy atom. The largest absolute Gasteiger partial charge is 0.491 e. The lowest BCUT2D eigenvalue weighted by atomic mass is 9.99. The second-order valence-corrected chi connectivity index (χ2v) is 6.30. The summed E-state index contributed by atoms with van der Waals surface area (Å²) in [5.41, 5.74) is 2.77. The number of carbonyl (C=O) groups is 2. The number of carbonyl (C=O) groups excluding carboxylic acids is 2. The summed E-state index contributed by atoms with van der Waals surface area (Å²) in [4.78, 5) is 26.2. The van der Waals surface area contributed by atoms with Gasteiger partial charge in [0.15, 0.2) is 0 Å². The molecule has 2 N–H and O–H groups in total. The van der Waals surface area contributed by atoms with Crippen LogP contribution in [0.25, 0.3) is 0 Å². The molecule has 0 bridgehead atoms. The molecule has 1 aromatic carbocycles. The summed E-state index contributed by atoms with van der Waals surface area (Å²) in [5.74, 6) is -0.0258. The van der Waals surface area contributed by atoms with Crippen molar-refractivity contribution in [3.63, 3.8) is 0 Å². The molecule has 7 nitrogen and oxygen atoms in total. The summed E-state index contributed by atoms with van der Waals surface area (Å²) in [5, 5.41) is 8.74. The van der Waals surface area contributed by atoms with Crippen molar-refractivity contribution in [2.45, 2.75) is 32.4 Å². The first-order chi connectivity index (χ1) is 11.6. The summed E-state index contributed by atoms with van der Waals surface area (Å²) < 4.78 is 11.2. The second kappa shape index (κ2) is 7.19. The molecule has 2 heterocycles. The van der Waals surface area contributed by atoms with Gasteiger partial charge >= 0.3 is 0 Å². The van der Waals surface area contributed by atoms with E-state index in [4.69, 9.17) is 14.7 Å². The van der Waals surface area contributed by atoms with Crippen LogP contribution in [0.4, 0.5) is 0 Å². The van der Waals surface area contributed by atoms with E-state index in [0.717, 1.165) is 25.0 Å². The maximum atomic E-state index is 12.8. The van der Waals surface area contributed by atoms with Crippen molar-refractivity contribution < 1.29 is 24.3 Å². The van der Waals surface area contributed by atoms with Gasteiger partial charge < -0.3 is 14.4 Å². The highest BCUT2D eigenvalue weighted by Crippen LogP contribution is 2.28. The number of fused-ring (bicyclic) bond motifs is 1. The number of hydrogen-bond donors (Lipinski definition) is 2. The molecule has 2 aliphatic rings. The molecule has 24 heavy (non-hydrogen) atoms. The Morgan fingerprint density at radius 2 is 2.17 bits per heavy atom. The predicted molar refractivity (Wildman–Crippen MR) is 84.7 cm³/mol. The molecule has 1 aromatic rings. The fourth-order valence-corrected chi connectivity index (χ4v) is 3.13. The van der Waals surface area contributed by atoms with E-state index < -0.39 is 5.91 Å². The van der Waals surface area contributed by atoms with E-state index in [0.29, 0.717) is 31.1 Å². The van der Waals surface area contributed by atoms with Gasteiger partial charge in [-0.15, -0.1) is 0 Å². The number of benzene rings is 1. The van der Waals surface area contributed by atoms with Gasteiger partial charge in [0.2, 0.25) is 5.91 Å². The van der Waals surface area contributed by atoms with Gasteiger partial charge in [-0.25, -0.2) is 5.48 Å². The SMILES string of the molecule is CC1COc2cc(C(=O)NO)ccc2CN1C(=O)[C@H]1CCCOC1. The molecule has 0 saturated carbocycles. The van der Waals surface area contributed by atoms with Crippen molar-refractivity contribution in [2.75, 3.05) is 19.8 Å². The van der Waals surface area contributed by atoms with Crippen LogP contribution in [-0.2, 0) is 16.1 Å². The highest BCUT2D eigenvalue weighted by atomic mass is 16.5. The van der Waals surface area contributed by atoms with Crippen molar-refractivity contribution in [3.05, 3.63) is 29.3 Å². The van der Waals surface area contributed by atoms with E-state index in [2.05, 4.69) is 0 Å². The molecule has 1 fully saturated rings. The van der Waals surface area contributed by atoms with E-state index in [9.17, 15) is 9.59 Å². The zero-order valence-electron chi connectivity index (χ0n) is 13.7. The molecule has 0 aromatic heterocycles. The van der Waals surface area contributed by atoms with Crippen LogP contribution in [0.15, 0.2) is 18.2 Å². The van der Waals surface area contributed by atoms with Crippen LogP contribution < -0.4 is 10.2 Å². The quantitative estimate of drug-likeness (QED) is 0.629. The lowest BCUT2D eigenvalue weighted by Crippen LogP contribution is -2.45. The Kier molecular flexibility index (Phi) is 5.01. The first-order valence-electron chi connectivity index (χ1n) is 8.18. The normalized spacial score (nSPS) is 23.7. The van der Waals surface area contributed by atoms with Crippen LogP contribution in [0.3, 0.4) is 0 Å². The number of nitrogens with one attached hydrogen (secondary N) is 1. The molecule has 0 spiro atoms. The third-order valence-corrected chi connectivity index (χ3v) is 4.58. The number of hydrogen-bond acceptors (Lipinski definition) is 5. The zero-order valence-corrected chi connectivity index (χ0v) is 13.7. The van der Waals surface area contributed by atoms with Gasteiger partial charge in [-0.3, -0.25) is 14.8 Å². The molecule has 7 heteroatoms. The van der Waals surface area contributed by atoms with Crippen LogP contribution in [0, 0.1) is 5.92 Å². The summed E-state index contributed by atoms with van der Waals surface area (Å²) >= 11 is 0. The zero-order chi connectivity index (χ0) is 17.1. The first kappa shape index (κ1) is 16.7. The minimum absolute atomic E-state index is 0.0676. The van der Waals surface area contributed by atoms with Crippen molar-refractivity contribution in [1.82, 2.24) is 10.4 Å². The van der Waals surface area contributed by atoms with Crippen LogP contribution in [0.1, 0.15) is 35.7 Å². The van der Waals surface area contributed by atoms with Gasteiger partial charge in [0, 0.05) is 24.3 Å². The molecular weight excluding hydrogens is 312 g/mol. The van der Waals surface area contributed by atoms with Gasteiger partial charge in [-0.2, -0.15) is 0 Å². The Labute approximate surface area is 140 Å². The number of amides is 2. The summed E-state index contributed by atoms with van der Waals surface area (Å²) in [6, 6.07) is 4.89. The minimum Gasteiger partial charge on any atom is -0.491 e. The number of ether oxygens (including phenoxy) is 2. The van der Waals surface area contributed by atoms with Gasteiger partial charge in [0.1, 0.15) is 12.4 Å². The van der Waals surface area contributed by atoms with Crippen LogP contribution in [0.2, 0.25) is 0 Å². The number of hydroxylamine groups is 1. The number of rotatable bonds is 2. The van der Waals surface area contributed by atoms with Crippen molar-refractivity contribution in [1.29, 1.82) is 0 Å². The van der Waals surface area contributed by atoms with Crippen LogP contribution >= 0.6 is 0 Å². The molecule has 0 aliphatic carbocycles. The van der Waals surface area contributed by atoms with Crippen molar-refractivity contribution in [3.8, 4) is 5.75 Å². The highest BCUT2D eigenvalue weighted by Gasteiger charge is 2.32. The topological polar surface area (TPSA) is 88.1 Å². The molecule has 0 radical (unpaired) electrons. The average Bonchev–Trinajstić information content (AvgIpc) is 2.80. The van der Waals surface area contributed by atoms with E-state index in [1.807, 2.05) is 11.8 Å². The smallest absolute Gasteiger partial charge is 0.274 e. The lowest BCUT2D eigenvalue weighted by Gasteiger charge is -2.31. The average molecular weight is 334 g/mol. The van der Waals surface area contributed by atoms with Gasteiger partial charge in [-0.1, -0.05) is 6.07 Å². The molecule has 2 amide bonds. The molecule has 2 atom stereocenters. The molecule has 1 saturated heterocycles. The van der Waals surface area contributed by atoms with Crippen LogP contribution in [-0.4, -0.2) is 47.8 Å². The highest BCUT2D eigenvalue weighted by molar-refractivity contribution is 5.93. The van der Waals surface area contributed by atoms with E-state index in [1.54, 1.807) is 23.7 Å². The van der Waals surface area contributed by atoms with Crippen molar-refractivity contribution in [2.24, 2.45) is 5.92 Å². The second-order valence-electron chi connectivity index (χ2n) is 6.30. The molecule has 3 rings (SSSR count). The van der Waals surface area contributed by atoms with Crippen LogP contribution in [0.5, 0.6) is 5.75 Å². The van der Waals surface area contributed by atoms with E-state index in [-0.39, 0.29) is 17.9 Å². The first-order valence-corrected chi connectivity index (χ1v) is 8.18. The third-order valence-electron chi connectivity index (χ3n) is 4.58. The summed E-state index contributed by atoms with van der Waals surface area (Å²) in [7, 11) is 0. The van der Waals surface area contributed by atoms with Gasteiger partial charge in [0.05, 0.1) is 18.6 Å². The standard InChI is InChI=1S/C17H22N2O5/c1-11-9-24-15-7-12(16(20)18-22)4-5-13(15)8-19(11)17(21)14-3-2-6-23-10-14/h4-5,7,11,14,22H,2-3,6,8-10H2,1H3,(H,18,20)/t11?,14-/m0/s1. The van der Waals surface area contributed by atoms with Crippen molar-refractivity contribution >= 4 is 11.8 Å². The van der Waals surface area contributed by atoms with Gasteiger partial charge in [-0.05, 0) is 31.9 Å². The number of nitrogens with zero attached hydrogens (tertiary/aromatic N) is 1. The third kappa shape index (κ3) is 3.37.